The summed E-state index contributed by atoms with van der Waals surface area (Å²) in [6.45, 7) is 6.07. The van der Waals surface area contributed by atoms with Crippen molar-refractivity contribution in [3.63, 3.8) is 0 Å². The van der Waals surface area contributed by atoms with Crippen LogP contribution in [0.4, 0.5) is 5.69 Å². The molecule has 0 unspecified atom stereocenters. The molecule has 2 aromatic carbocycles. The van der Waals surface area contributed by atoms with Gasteiger partial charge in [0.1, 0.15) is 5.75 Å². The number of carbonyl (C=O) groups is 2. The Hall–Kier alpha value is -3.22. The van der Waals surface area contributed by atoms with Crippen LogP contribution in [0.3, 0.4) is 0 Å². The zero-order valence-corrected chi connectivity index (χ0v) is 16.7. The van der Waals surface area contributed by atoms with E-state index in [1.807, 2.05) is 56.3 Å². The van der Waals surface area contributed by atoms with Gasteiger partial charge in [-0.3, -0.25) is 9.59 Å². The molecule has 2 amide bonds. The summed E-state index contributed by atoms with van der Waals surface area (Å²) in [7, 11) is 0. The third-order valence-corrected chi connectivity index (χ3v) is 5.18. The van der Waals surface area contributed by atoms with Gasteiger partial charge >= 0.3 is 0 Å². The summed E-state index contributed by atoms with van der Waals surface area (Å²) >= 11 is 0. The average molecular weight is 396 g/mol. The van der Waals surface area contributed by atoms with E-state index in [-0.39, 0.29) is 31.6 Å². The van der Waals surface area contributed by atoms with E-state index in [9.17, 15) is 9.59 Å². The fraction of sp³-hybridized carbons (Fsp3) is 0.364. The van der Waals surface area contributed by atoms with E-state index in [1.165, 1.54) is 0 Å². The lowest BCUT2D eigenvalue weighted by atomic mass is 9.93. The molecule has 0 bridgehead atoms. The number of ether oxygens (including phenoxy) is 3. The maximum absolute atomic E-state index is 12.7. The average Bonchev–Trinajstić information content (AvgIpc) is 3.16. The Kier molecular flexibility index (Phi) is 4.82. The van der Waals surface area contributed by atoms with Gasteiger partial charge in [0.2, 0.25) is 12.7 Å². The molecule has 2 heterocycles. The SMILES string of the molecule is C[C@@H]1Oc2ccccc2N(CCC(=O)NC(C)(C)c2ccc3c(c2)OCO3)C1=O. The maximum atomic E-state index is 12.7. The second kappa shape index (κ2) is 7.31. The lowest BCUT2D eigenvalue weighted by Gasteiger charge is -2.33. The van der Waals surface area contributed by atoms with Crippen molar-refractivity contribution in [2.75, 3.05) is 18.2 Å². The standard InChI is InChI=1S/C22H24N2O5/c1-14-21(26)24(16-6-4-5-7-17(16)29-14)11-10-20(25)23-22(2,3)15-8-9-18-19(12-15)28-13-27-18/h4-9,12,14H,10-11,13H2,1-3H3,(H,23,25)/t14-/m0/s1. The predicted molar refractivity (Wildman–Crippen MR) is 107 cm³/mol. The highest BCUT2D eigenvalue weighted by Gasteiger charge is 2.32. The summed E-state index contributed by atoms with van der Waals surface area (Å²) in [5.41, 5.74) is 1.01. The summed E-state index contributed by atoms with van der Waals surface area (Å²) in [5.74, 6) is 1.74. The molecule has 0 aliphatic carbocycles. The largest absolute Gasteiger partial charge is 0.479 e. The number of benzene rings is 2. The summed E-state index contributed by atoms with van der Waals surface area (Å²) in [6, 6.07) is 13.0. The zero-order chi connectivity index (χ0) is 20.6. The summed E-state index contributed by atoms with van der Waals surface area (Å²) in [5, 5.41) is 3.05. The van der Waals surface area contributed by atoms with Crippen LogP contribution < -0.4 is 24.4 Å². The molecule has 0 radical (unpaired) electrons. The van der Waals surface area contributed by atoms with Gasteiger partial charge in [-0.25, -0.2) is 0 Å². The first-order valence-corrected chi connectivity index (χ1v) is 9.63. The van der Waals surface area contributed by atoms with Crippen LogP contribution in [0.15, 0.2) is 42.5 Å². The highest BCUT2D eigenvalue weighted by Crippen LogP contribution is 2.36. The fourth-order valence-corrected chi connectivity index (χ4v) is 3.57. The summed E-state index contributed by atoms with van der Waals surface area (Å²) < 4.78 is 16.4. The van der Waals surface area contributed by atoms with Gasteiger partial charge in [0.15, 0.2) is 17.6 Å². The van der Waals surface area contributed by atoms with Crippen LogP contribution in [-0.2, 0) is 15.1 Å². The van der Waals surface area contributed by atoms with Gasteiger partial charge in [0.05, 0.1) is 11.2 Å². The van der Waals surface area contributed by atoms with Gasteiger partial charge < -0.3 is 24.4 Å². The number of hydrogen-bond donors (Lipinski definition) is 1. The highest BCUT2D eigenvalue weighted by molar-refractivity contribution is 6.00. The number of carbonyl (C=O) groups excluding carboxylic acids is 2. The first-order valence-electron chi connectivity index (χ1n) is 9.63. The molecule has 2 aromatic rings. The number of hydrogen-bond acceptors (Lipinski definition) is 5. The van der Waals surface area contributed by atoms with Crippen LogP contribution in [0.5, 0.6) is 17.2 Å². The van der Waals surface area contributed by atoms with Crippen molar-refractivity contribution in [1.29, 1.82) is 0 Å². The van der Waals surface area contributed by atoms with Gasteiger partial charge in [0, 0.05) is 13.0 Å². The number of fused-ring (bicyclic) bond motifs is 2. The number of nitrogens with one attached hydrogen (secondary N) is 1. The van der Waals surface area contributed by atoms with E-state index in [0.29, 0.717) is 22.9 Å². The molecule has 0 spiro atoms. The van der Waals surface area contributed by atoms with Crippen LogP contribution in [0.2, 0.25) is 0 Å². The molecule has 0 saturated carbocycles. The van der Waals surface area contributed by atoms with Crippen LogP contribution in [0.25, 0.3) is 0 Å². The highest BCUT2D eigenvalue weighted by atomic mass is 16.7. The van der Waals surface area contributed by atoms with Crippen molar-refractivity contribution in [3.05, 3.63) is 48.0 Å². The third-order valence-electron chi connectivity index (χ3n) is 5.18. The molecule has 0 fully saturated rings. The van der Waals surface area contributed by atoms with Gasteiger partial charge in [-0.15, -0.1) is 0 Å². The Morgan fingerprint density at radius 1 is 1.14 bits per heavy atom. The Morgan fingerprint density at radius 3 is 2.72 bits per heavy atom. The number of amides is 2. The van der Waals surface area contributed by atoms with E-state index in [2.05, 4.69) is 5.32 Å². The van der Waals surface area contributed by atoms with Gasteiger partial charge in [-0.2, -0.15) is 0 Å². The number of rotatable bonds is 5. The topological polar surface area (TPSA) is 77.1 Å². The van der Waals surface area contributed by atoms with E-state index < -0.39 is 11.6 Å². The molecule has 29 heavy (non-hydrogen) atoms. The molecule has 4 rings (SSSR count). The molecule has 152 valence electrons. The van der Waals surface area contributed by atoms with Gasteiger partial charge in [-0.1, -0.05) is 18.2 Å². The molecule has 2 aliphatic heterocycles. The second-order valence-corrected chi connectivity index (χ2v) is 7.71. The molecule has 7 nitrogen and oxygen atoms in total. The van der Waals surface area contributed by atoms with Crippen molar-refractivity contribution in [3.8, 4) is 17.2 Å². The quantitative estimate of drug-likeness (QED) is 0.841. The third kappa shape index (κ3) is 3.72. The lowest BCUT2D eigenvalue weighted by Crippen LogP contribution is -2.47. The molecule has 1 atom stereocenters. The number of anilines is 1. The van der Waals surface area contributed by atoms with E-state index >= 15 is 0 Å². The molecule has 2 aliphatic rings. The van der Waals surface area contributed by atoms with Crippen molar-refractivity contribution in [1.82, 2.24) is 5.32 Å². The Labute approximate surface area is 169 Å². The zero-order valence-electron chi connectivity index (χ0n) is 16.7. The Morgan fingerprint density at radius 2 is 1.90 bits per heavy atom. The summed E-state index contributed by atoms with van der Waals surface area (Å²) in [4.78, 5) is 26.9. The molecule has 0 aromatic heterocycles. The second-order valence-electron chi connectivity index (χ2n) is 7.71. The Bertz CT molecular complexity index is 956. The van der Waals surface area contributed by atoms with E-state index in [0.717, 1.165) is 5.56 Å². The number of para-hydroxylation sites is 2. The number of nitrogens with zero attached hydrogens (tertiary/aromatic N) is 1. The monoisotopic (exact) mass is 396 g/mol. The smallest absolute Gasteiger partial charge is 0.267 e. The van der Waals surface area contributed by atoms with Crippen LogP contribution >= 0.6 is 0 Å². The summed E-state index contributed by atoms with van der Waals surface area (Å²) in [6.07, 6.45) is -0.390. The maximum Gasteiger partial charge on any atom is 0.267 e. The first-order chi connectivity index (χ1) is 13.8. The fourth-order valence-electron chi connectivity index (χ4n) is 3.57. The van der Waals surface area contributed by atoms with Gasteiger partial charge in [0.25, 0.3) is 5.91 Å². The van der Waals surface area contributed by atoms with E-state index in [4.69, 9.17) is 14.2 Å². The first kappa shape index (κ1) is 19.1. The van der Waals surface area contributed by atoms with Crippen LogP contribution in [-0.4, -0.2) is 31.3 Å². The molecular formula is C22H24N2O5. The van der Waals surface area contributed by atoms with Crippen molar-refractivity contribution < 1.29 is 23.8 Å². The van der Waals surface area contributed by atoms with E-state index in [1.54, 1.807) is 11.8 Å². The minimum Gasteiger partial charge on any atom is -0.479 e. The van der Waals surface area contributed by atoms with Crippen molar-refractivity contribution in [2.45, 2.75) is 38.8 Å². The Balaban J connectivity index is 1.43. The minimum absolute atomic E-state index is 0.142. The minimum atomic E-state index is -0.599. The molecule has 1 N–H and O–H groups in total. The lowest BCUT2D eigenvalue weighted by molar-refractivity contribution is -0.125. The predicted octanol–water partition coefficient (Wildman–Crippen LogP) is 2.97. The van der Waals surface area contributed by atoms with Gasteiger partial charge in [-0.05, 0) is 50.6 Å². The molecule has 7 heteroatoms. The molecular weight excluding hydrogens is 372 g/mol. The van der Waals surface area contributed by atoms with Crippen molar-refractivity contribution >= 4 is 17.5 Å². The normalized spacial score (nSPS) is 17.6. The van der Waals surface area contributed by atoms with Crippen molar-refractivity contribution in [2.24, 2.45) is 0 Å². The molecule has 0 saturated heterocycles. The van der Waals surface area contributed by atoms with Crippen LogP contribution in [0, 0.1) is 0 Å². The van der Waals surface area contributed by atoms with Crippen LogP contribution in [0.1, 0.15) is 32.8 Å².